The second-order valence-electron chi connectivity index (χ2n) is 7.24. The molecule has 3 heteroatoms. The van der Waals surface area contributed by atoms with Crippen molar-refractivity contribution < 1.29 is 4.74 Å². The zero-order valence-electron chi connectivity index (χ0n) is 13.4. The van der Waals surface area contributed by atoms with Gasteiger partial charge < -0.3 is 15.4 Å². The number of para-hydroxylation sites is 1. The van der Waals surface area contributed by atoms with Crippen molar-refractivity contribution >= 4 is 11.4 Å². The predicted octanol–water partition coefficient (Wildman–Crippen LogP) is 4.36. The molecule has 2 N–H and O–H groups in total. The Morgan fingerprint density at radius 3 is 2.55 bits per heavy atom. The molecule has 0 radical (unpaired) electrons. The lowest BCUT2D eigenvalue weighted by Gasteiger charge is -2.25. The largest absolute Gasteiger partial charge is 0.489 e. The zero-order chi connectivity index (χ0) is 14.8. The summed E-state index contributed by atoms with van der Waals surface area (Å²) in [7, 11) is 0. The summed E-state index contributed by atoms with van der Waals surface area (Å²) in [5.74, 6) is 1.58. The minimum Gasteiger partial charge on any atom is -0.489 e. The van der Waals surface area contributed by atoms with E-state index < -0.39 is 0 Å². The Labute approximate surface area is 123 Å². The average molecular weight is 276 g/mol. The fourth-order valence-electron chi connectivity index (χ4n) is 2.80. The maximum absolute atomic E-state index is 5.90. The van der Waals surface area contributed by atoms with Crippen molar-refractivity contribution in [2.24, 2.45) is 11.3 Å². The van der Waals surface area contributed by atoms with Crippen LogP contribution >= 0.6 is 0 Å². The fourth-order valence-corrected chi connectivity index (χ4v) is 2.80. The van der Waals surface area contributed by atoms with Crippen LogP contribution in [0.25, 0.3) is 0 Å². The molecule has 0 amide bonds. The smallest absolute Gasteiger partial charge is 0.144 e. The van der Waals surface area contributed by atoms with Crippen molar-refractivity contribution in [1.82, 2.24) is 0 Å². The molecule has 1 aliphatic heterocycles. The summed E-state index contributed by atoms with van der Waals surface area (Å²) in [6.07, 6.45) is 1.40. The standard InChI is InChI=1S/C17H28N2O/c1-12(2)20-15-8-6-7-14-16(15)19-11-13(10-18-14)9-17(3,4)5/h6-8,12-13,18-19H,9-11H2,1-5H3. The van der Waals surface area contributed by atoms with Crippen LogP contribution in [0.3, 0.4) is 0 Å². The Morgan fingerprint density at radius 1 is 1.20 bits per heavy atom. The third-order valence-electron chi connectivity index (χ3n) is 3.44. The molecule has 0 fully saturated rings. The number of hydrogen-bond donors (Lipinski definition) is 2. The van der Waals surface area contributed by atoms with Crippen LogP contribution in [0.4, 0.5) is 11.4 Å². The number of rotatable bonds is 3. The highest BCUT2D eigenvalue weighted by molar-refractivity contribution is 5.76. The van der Waals surface area contributed by atoms with Crippen LogP contribution in [0.1, 0.15) is 41.0 Å². The maximum Gasteiger partial charge on any atom is 0.144 e. The Kier molecular flexibility index (Phi) is 4.46. The van der Waals surface area contributed by atoms with Crippen LogP contribution in [0.5, 0.6) is 5.75 Å². The van der Waals surface area contributed by atoms with Crippen LogP contribution in [-0.2, 0) is 0 Å². The van der Waals surface area contributed by atoms with Crippen LogP contribution in [0, 0.1) is 11.3 Å². The van der Waals surface area contributed by atoms with Crippen molar-refractivity contribution in [3.05, 3.63) is 18.2 Å². The van der Waals surface area contributed by atoms with E-state index in [4.69, 9.17) is 4.74 Å². The van der Waals surface area contributed by atoms with Crippen LogP contribution in [0.2, 0.25) is 0 Å². The van der Waals surface area contributed by atoms with Gasteiger partial charge >= 0.3 is 0 Å². The molecule has 1 aromatic rings. The van der Waals surface area contributed by atoms with Crippen molar-refractivity contribution in [1.29, 1.82) is 0 Å². The van der Waals surface area contributed by atoms with Gasteiger partial charge in [0.2, 0.25) is 0 Å². The number of anilines is 2. The summed E-state index contributed by atoms with van der Waals surface area (Å²) in [5.41, 5.74) is 2.62. The van der Waals surface area contributed by atoms with Crippen LogP contribution in [-0.4, -0.2) is 19.2 Å². The lowest BCUT2D eigenvalue weighted by atomic mass is 9.84. The molecule has 0 spiro atoms. The molecule has 112 valence electrons. The molecule has 1 heterocycles. The zero-order valence-corrected chi connectivity index (χ0v) is 13.4. The van der Waals surface area contributed by atoms with Gasteiger partial charge in [0, 0.05) is 13.1 Å². The molecule has 20 heavy (non-hydrogen) atoms. The molecule has 0 saturated heterocycles. The quantitative estimate of drug-likeness (QED) is 0.860. The monoisotopic (exact) mass is 276 g/mol. The molecule has 0 aromatic heterocycles. The molecule has 0 bridgehead atoms. The Hall–Kier alpha value is -1.38. The minimum absolute atomic E-state index is 0.192. The SMILES string of the molecule is CC(C)Oc1cccc2c1NCC(CC(C)(C)C)CN2. The third-order valence-corrected chi connectivity index (χ3v) is 3.44. The topological polar surface area (TPSA) is 33.3 Å². The average Bonchev–Trinajstić information content (AvgIpc) is 2.50. The van der Waals surface area contributed by atoms with Gasteiger partial charge in [-0.2, -0.15) is 0 Å². The van der Waals surface area contributed by atoms with Gasteiger partial charge in [-0.3, -0.25) is 0 Å². The van der Waals surface area contributed by atoms with E-state index in [1.165, 1.54) is 6.42 Å². The Bertz CT molecular complexity index is 449. The molecule has 0 saturated carbocycles. The Balaban J connectivity index is 2.12. The van der Waals surface area contributed by atoms with Crippen LogP contribution in [0.15, 0.2) is 18.2 Å². The third kappa shape index (κ3) is 4.06. The lowest BCUT2D eigenvalue weighted by Crippen LogP contribution is -2.24. The first-order chi connectivity index (χ1) is 9.35. The van der Waals surface area contributed by atoms with E-state index in [1.807, 2.05) is 6.07 Å². The first-order valence-corrected chi connectivity index (χ1v) is 7.62. The molecule has 3 nitrogen and oxygen atoms in total. The highest BCUT2D eigenvalue weighted by Gasteiger charge is 2.22. The van der Waals surface area contributed by atoms with Crippen molar-refractivity contribution in [2.45, 2.75) is 47.1 Å². The number of fused-ring (bicyclic) bond motifs is 1. The second-order valence-corrected chi connectivity index (χ2v) is 7.24. The van der Waals surface area contributed by atoms with Gasteiger partial charge in [-0.05, 0) is 43.7 Å². The molecule has 0 aliphatic carbocycles. The number of benzene rings is 1. The van der Waals surface area contributed by atoms with Gasteiger partial charge in [0.25, 0.3) is 0 Å². The minimum atomic E-state index is 0.192. The normalized spacial score (nSPS) is 18.8. The predicted molar refractivity (Wildman–Crippen MR) is 86.7 cm³/mol. The highest BCUT2D eigenvalue weighted by Crippen LogP contribution is 2.36. The molecular formula is C17H28N2O. The van der Waals surface area contributed by atoms with Crippen molar-refractivity contribution in [3.63, 3.8) is 0 Å². The number of nitrogens with one attached hydrogen (secondary N) is 2. The summed E-state index contributed by atoms with van der Waals surface area (Å²) in [6, 6.07) is 6.21. The highest BCUT2D eigenvalue weighted by atomic mass is 16.5. The lowest BCUT2D eigenvalue weighted by molar-refractivity contribution is 0.243. The summed E-state index contributed by atoms with van der Waals surface area (Å²) < 4.78 is 5.90. The number of ether oxygens (including phenoxy) is 1. The van der Waals surface area contributed by atoms with Gasteiger partial charge in [0.05, 0.1) is 11.8 Å². The van der Waals surface area contributed by atoms with E-state index in [9.17, 15) is 0 Å². The van der Waals surface area contributed by atoms with E-state index in [0.717, 1.165) is 30.2 Å². The van der Waals surface area contributed by atoms with E-state index >= 15 is 0 Å². The molecule has 1 aromatic carbocycles. The fraction of sp³-hybridized carbons (Fsp3) is 0.647. The molecule has 1 unspecified atom stereocenters. The number of hydrogen-bond acceptors (Lipinski definition) is 3. The van der Waals surface area contributed by atoms with E-state index in [-0.39, 0.29) is 6.10 Å². The van der Waals surface area contributed by atoms with Gasteiger partial charge in [-0.15, -0.1) is 0 Å². The molecule has 1 atom stereocenters. The summed E-state index contributed by atoms with van der Waals surface area (Å²) in [4.78, 5) is 0. The second kappa shape index (κ2) is 5.94. The van der Waals surface area contributed by atoms with Gasteiger partial charge in [0.1, 0.15) is 11.4 Å². The van der Waals surface area contributed by atoms with Gasteiger partial charge in [-0.25, -0.2) is 0 Å². The summed E-state index contributed by atoms with van der Waals surface area (Å²) >= 11 is 0. The van der Waals surface area contributed by atoms with Crippen molar-refractivity contribution in [2.75, 3.05) is 23.7 Å². The Morgan fingerprint density at radius 2 is 1.90 bits per heavy atom. The maximum atomic E-state index is 5.90. The molecule has 2 rings (SSSR count). The first kappa shape index (κ1) is 15.0. The van der Waals surface area contributed by atoms with Gasteiger partial charge in [0.15, 0.2) is 0 Å². The summed E-state index contributed by atoms with van der Waals surface area (Å²) in [5, 5.41) is 7.15. The summed E-state index contributed by atoms with van der Waals surface area (Å²) in [6.45, 7) is 13.0. The molecular weight excluding hydrogens is 248 g/mol. The van der Waals surface area contributed by atoms with Crippen LogP contribution < -0.4 is 15.4 Å². The van der Waals surface area contributed by atoms with Crippen molar-refractivity contribution in [3.8, 4) is 5.75 Å². The molecule has 1 aliphatic rings. The van der Waals surface area contributed by atoms with Gasteiger partial charge in [-0.1, -0.05) is 26.8 Å². The van der Waals surface area contributed by atoms with E-state index in [2.05, 4.69) is 57.4 Å². The van der Waals surface area contributed by atoms with E-state index in [0.29, 0.717) is 11.3 Å². The van der Waals surface area contributed by atoms with E-state index in [1.54, 1.807) is 0 Å². The first-order valence-electron chi connectivity index (χ1n) is 7.62.